The van der Waals surface area contributed by atoms with Crippen molar-refractivity contribution >= 4 is 35.8 Å². The molecule has 2 aliphatic rings. The Morgan fingerprint density at radius 2 is 1.30 bits per heavy atom. The van der Waals surface area contributed by atoms with Crippen LogP contribution in [0.2, 0.25) is 13.1 Å². The Hall–Kier alpha value is -0.660. The molecule has 176 valence electrons. The maximum Gasteiger partial charge on any atom is -0.147 e. The summed E-state index contributed by atoms with van der Waals surface area (Å²) in [5.41, 5.74) is 15.3. The van der Waals surface area contributed by atoms with Crippen molar-refractivity contribution in [3.63, 3.8) is 0 Å². The maximum absolute atomic E-state index is 2.62. The van der Waals surface area contributed by atoms with E-state index in [4.69, 9.17) is 0 Å². The molecule has 0 aromatic heterocycles. The number of rotatable bonds is 3. The molecule has 2 aliphatic carbocycles. The van der Waals surface area contributed by atoms with Crippen molar-refractivity contribution in [1.29, 1.82) is 0 Å². The van der Waals surface area contributed by atoms with Gasteiger partial charge in [-0.25, -0.2) is 0 Å². The first kappa shape index (κ1) is 28.6. The normalized spacial score (nSPS) is 19.4. The minimum Gasteiger partial charge on any atom is -0.147 e. The molecule has 0 spiro atoms. The van der Waals surface area contributed by atoms with E-state index in [1.807, 2.05) is 3.28 Å². The van der Waals surface area contributed by atoms with Crippen LogP contribution in [-0.2, 0) is 20.4 Å². The largest absolute Gasteiger partial charge is 0.147 e. The first-order valence-electron chi connectivity index (χ1n) is 11.6. The second-order valence-electron chi connectivity index (χ2n) is 9.83. The average molecular weight is 577 g/mol. The van der Waals surface area contributed by atoms with Gasteiger partial charge in [-0.05, 0) is 0 Å². The molecule has 0 fully saturated rings. The summed E-state index contributed by atoms with van der Waals surface area (Å²) in [5.74, 6) is 0.649. The third-order valence-corrected chi connectivity index (χ3v) is 26.8. The van der Waals surface area contributed by atoms with Gasteiger partial charge in [0.1, 0.15) is 0 Å². The van der Waals surface area contributed by atoms with Gasteiger partial charge in [-0.1, -0.05) is 0 Å². The van der Waals surface area contributed by atoms with Crippen molar-refractivity contribution in [2.45, 2.75) is 65.2 Å². The molecule has 2 aromatic carbocycles. The van der Waals surface area contributed by atoms with E-state index >= 15 is 0 Å². The van der Waals surface area contributed by atoms with E-state index in [9.17, 15) is 0 Å². The number of aryl methyl sites for hydroxylation is 2. The molecule has 4 rings (SSSR count). The molecule has 0 aliphatic heterocycles. The average Bonchev–Trinajstić information content (AvgIpc) is 3.15. The van der Waals surface area contributed by atoms with E-state index < -0.39 is 20.4 Å². The summed E-state index contributed by atoms with van der Waals surface area (Å²) in [7, 11) is 0. The fraction of sp³-hybridized carbons (Fsp3) is 0.379. The van der Waals surface area contributed by atoms with Gasteiger partial charge in [0.25, 0.3) is 0 Å². The van der Waals surface area contributed by atoms with Crippen LogP contribution in [0.4, 0.5) is 0 Å². The van der Waals surface area contributed by atoms with Crippen LogP contribution in [0, 0.1) is 19.8 Å². The Morgan fingerprint density at radius 3 is 1.82 bits per heavy atom. The molecule has 0 N–H and O–H groups in total. The zero-order valence-corrected chi connectivity index (χ0v) is 26.6. The first-order valence-corrected chi connectivity index (χ1v) is 20.4. The molecule has 0 amide bonds. The zero-order valence-electron chi connectivity index (χ0n) is 21.5. The van der Waals surface area contributed by atoms with Gasteiger partial charge in [0, 0.05) is 0 Å². The molecular formula is C29H38Cl2SiZr. The second kappa shape index (κ2) is 10.9. The van der Waals surface area contributed by atoms with Crippen LogP contribution in [0.25, 0.3) is 5.57 Å². The van der Waals surface area contributed by atoms with E-state index in [0.29, 0.717) is 9.54 Å². The standard InChI is InChI=1S/C18H17.C9H13.C2H6Si.2ClH.Zr/c1-12-9-10-13(2)18-16(12)11-14(3)17(18)15-7-5-4-6-8-15;1-6-5-7(2)9(4)8(6)3;1-3-2;;;/h4-11H,1-3H3;6H,1-4H3;1-2H3;2*1H;. The van der Waals surface area contributed by atoms with Crippen LogP contribution in [0.1, 0.15) is 66.1 Å². The van der Waals surface area contributed by atoms with Gasteiger partial charge in [0.15, 0.2) is 0 Å². The maximum atomic E-state index is 2.62. The Kier molecular flexibility index (Phi) is 9.48. The van der Waals surface area contributed by atoms with Crippen LogP contribution in [-0.4, -0.2) is 5.43 Å². The molecule has 2 aromatic rings. The number of hydrogen-bond donors (Lipinski definition) is 0. The predicted molar refractivity (Wildman–Crippen MR) is 149 cm³/mol. The number of hydrogen-bond acceptors (Lipinski definition) is 0. The summed E-state index contributed by atoms with van der Waals surface area (Å²) in [4.78, 5) is 0. The third-order valence-electron chi connectivity index (χ3n) is 7.86. The van der Waals surface area contributed by atoms with E-state index in [1.165, 1.54) is 22.3 Å². The van der Waals surface area contributed by atoms with E-state index in [0.717, 1.165) is 0 Å². The molecule has 2 atom stereocenters. The molecule has 2 unspecified atom stereocenters. The summed E-state index contributed by atoms with van der Waals surface area (Å²) in [5, 5.41) is 0. The third kappa shape index (κ3) is 4.63. The van der Waals surface area contributed by atoms with Gasteiger partial charge >= 0.3 is 198 Å². The van der Waals surface area contributed by atoms with Crippen molar-refractivity contribution < 1.29 is 20.4 Å². The fourth-order valence-corrected chi connectivity index (χ4v) is 26.8. The molecular weight excluding hydrogens is 539 g/mol. The Balaban J connectivity index is 0.00000193. The number of benzene rings is 2. The van der Waals surface area contributed by atoms with Gasteiger partial charge in [0.2, 0.25) is 0 Å². The molecule has 0 nitrogen and oxygen atoms in total. The second-order valence-corrected chi connectivity index (χ2v) is 27.2. The van der Waals surface area contributed by atoms with E-state index in [2.05, 4.69) is 104 Å². The number of allylic oxidation sites excluding steroid dienone is 5. The van der Waals surface area contributed by atoms with Gasteiger partial charge < -0.3 is 0 Å². The van der Waals surface area contributed by atoms with Crippen molar-refractivity contribution in [1.82, 2.24) is 0 Å². The molecule has 0 saturated carbocycles. The Morgan fingerprint density at radius 1 is 0.727 bits per heavy atom. The molecule has 0 saturated heterocycles. The molecule has 33 heavy (non-hydrogen) atoms. The van der Waals surface area contributed by atoms with E-state index in [1.54, 1.807) is 33.4 Å². The molecule has 0 heterocycles. The van der Waals surface area contributed by atoms with Crippen LogP contribution in [0.3, 0.4) is 0 Å². The topological polar surface area (TPSA) is 0 Å². The van der Waals surface area contributed by atoms with Crippen LogP contribution < -0.4 is 0 Å². The Bertz CT molecular complexity index is 1210. The summed E-state index contributed by atoms with van der Waals surface area (Å²) < 4.78 is 2.60. The van der Waals surface area contributed by atoms with Gasteiger partial charge in [-0.15, -0.1) is 24.8 Å². The fourth-order valence-electron chi connectivity index (χ4n) is 5.94. The van der Waals surface area contributed by atoms with Gasteiger partial charge in [-0.3, -0.25) is 0 Å². The minimum absolute atomic E-state index is 0. The molecule has 0 bridgehead atoms. The Labute approximate surface area is 221 Å². The monoisotopic (exact) mass is 574 g/mol. The first-order chi connectivity index (χ1) is 14.7. The van der Waals surface area contributed by atoms with Crippen molar-refractivity contribution in [2.75, 3.05) is 0 Å². The summed E-state index contributed by atoms with van der Waals surface area (Å²) in [6.07, 6.45) is 0. The summed E-state index contributed by atoms with van der Waals surface area (Å²) >= 11 is -2.00. The molecule has 0 radical (unpaired) electrons. The van der Waals surface area contributed by atoms with Crippen molar-refractivity contribution in [3.8, 4) is 0 Å². The smallest absolute Gasteiger partial charge is 0.147 e. The minimum atomic E-state index is -2.00. The van der Waals surface area contributed by atoms with Crippen molar-refractivity contribution in [2.24, 2.45) is 5.92 Å². The van der Waals surface area contributed by atoms with Gasteiger partial charge in [-0.2, -0.15) is 0 Å². The quantitative estimate of drug-likeness (QED) is 0.320. The van der Waals surface area contributed by atoms with Crippen LogP contribution >= 0.6 is 24.8 Å². The van der Waals surface area contributed by atoms with Gasteiger partial charge in [0.05, 0.1) is 0 Å². The summed E-state index contributed by atoms with van der Waals surface area (Å²) in [6.45, 7) is 22.1. The number of fused-ring (bicyclic) bond motifs is 1. The molecule has 4 heteroatoms. The SMILES string of the molecule is CC1=C(C)C(C)[C]([Zr]([CH]2C(C)=C(c3ccccc3)c3c(C)ccc(C)c32)=[Si](C)C)=C1C.Cl.Cl. The van der Waals surface area contributed by atoms with Crippen LogP contribution in [0.5, 0.6) is 0 Å². The van der Waals surface area contributed by atoms with E-state index in [-0.39, 0.29) is 30.2 Å². The zero-order chi connectivity index (χ0) is 22.6. The van der Waals surface area contributed by atoms with Crippen molar-refractivity contribution in [3.05, 3.63) is 95.9 Å². The predicted octanol–water partition coefficient (Wildman–Crippen LogP) is 9.15. The van der Waals surface area contributed by atoms with Crippen LogP contribution in [0.15, 0.2) is 68.0 Å². The summed E-state index contributed by atoms with van der Waals surface area (Å²) in [6, 6.07) is 15.9. The number of halogens is 2.